The summed E-state index contributed by atoms with van der Waals surface area (Å²) in [6.07, 6.45) is 4.87. The second-order valence-corrected chi connectivity index (χ2v) is 15.8. The summed E-state index contributed by atoms with van der Waals surface area (Å²) in [5, 5.41) is 18.3. The lowest BCUT2D eigenvalue weighted by atomic mass is 9.82. The highest BCUT2D eigenvalue weighted by Gasteiger charge is 2.23. The topological polar surface area (TPSA) is 118 Å². The highest BCUT2D eigenvalue weighted by Crippen LogP contribution is 2.31. The van der Waals surface area contributed by atoms with Crippen LogP contribution in [0.25, 0.3) is 0 Å². The number of unbranched alkanes of at least 4 members (excludes halogenated alkanes) is 18. The van der Waals surface area contributed by atoms with Crippen LogP contribution in [0.5, 0.6) is 0 Å². The van der Waals surface area contributed by atoms with E-state index in [2.05, 4.69) is 0 Å². The van der Waals surface area contributed by atoms with E-state index < -0.39 is 98.3 Å². The summed E-state index contributed by atoms with van der Waals surface area (Å²) in [6, 6.07) is 0. The van der Waals surface area contributed by atoms with Gasteiger partial charge in [-0.3, -0.25) is 14.4 Å². The smallest absolute Gasteiger partial charge is 0.306 e. The van der Waals surface area contributed by atoms with Crippen molar-refractivity contribution in [3.05, 3.63) is 0 Å². The molecule has 0 aliphatic carbocycles. The van der Waals surface area contributed by atoms with Crippen LogP contribution in [-0.4, -0.2) is 40.5 Å². The van der Waals surface area contributed by atoms with Crippen LogP contribution in [0.1, 0.15) is 276 Å². The zero-order valence-corrected chi connectivity index (χ0v) is 34.6. The van der Waals surface area contributed by atoms with Crippen LogP contribution < -0.4 is 0 Å². The van der Waals surface area contributed by atoms with Gasteiger partial charge in [0, 0.05) is 33.8 Å². The molecule has 0 fully saturated rings. The molecule has 7 heteroatoms. The lowest BCUT2D eigenvalue weighted by Gasteiger charge is -2.23. The molecule has 320 valence electrons. The Labute approximate surface area is 362 Å². The molecule has 0 bridgehead atoms. The van der Waals surface area contributed by atoms with Gasteiger partial charge < -0.3 is 19.7 Å². The predicted molar refractivity (Wildman–Crippen MR) is 227 cm³/mol. The largest absolute Gasteiger partial charge is 0.481 e. The fourth-order valence-electron chi connectivity index (χ4n) is 6.25. The van der Waals surface area contributed by atoms with Crippen LogP contribution in [0.2, 0.25) is 0 Å². The van der Waals surface area contributed by atoms with Crippen molar-refractivity contribution in [3.8, 4) is 0 Å². The number of hydrogen-bond donors (Lipinski definition) is 2. The monoisotopic (exact) mass is 787 g/mol. The van der Waals surface area contributed by atoms with E-state index >= 15 is 0 Å². The number of hydrogen-bond acceptors (Lipinski definition) is 5. The standard InChI is InChI=1S/C25H48O3.C22H42O4/c1-7-28-23(27)21-25(5,6)19-17-15-13-11-9-8-10-12-14-16-18-24(3,4)20-22(2)26;1-21(2,17-19(23)24)15-13-11-9-7-5-6-8-10-12-14-16-22(3,4)18-20(25)26/h7-21H2,1-6H3;5-18H2,1-4H3,(H,23,24)(H,25,26)/i3D3,5D3,20D2,21D2;1D3,3D3,17D2,18D2. The fraction of sp³-hybridized carbons (Fsp3) is 0.915. The van der Waals surface area contributed by atoms with Crippen molar-refractivity contribution >= 4 is 23.7 Å². The van der Waals surface area contributed by atoms with Crippen molar-refractivity contribution in [2.45, 2.75) is 249 Å². The average Bonchev–Trinajstić information content (AvgIpc) is 3.24. The minimum atomic E-state index is -2.87. The molecule has 0 aliphatic rings. The predicted octanol–water partition coefficient (Wildman–Crippen LogP) is 14.3. The number of carbonyl (C=O) groups excluding carboxylic acids is 2. The fourth-order valence-corrected chi connectivity index (χ4v) is 6.25. The number of ether oxygens (including phenoxy) is 1. The molecule has 0 rings (SSSR count). The molecular weight excluding hydrogens is 677 g/mol. The van der Waals surface area contributed by atoms with Gasteiger partial charge in [0.25, 0.3) is 0 Å². The zero-order valence-electron chi connectivity index (χ0n) is 54.6. The molecular formula is C47H90O7. The third kappa shape index (κ3) is 39.8. The van der Waals surface area contributed by atoms with Crippen molar-refractivity contribution in [3.63, 3.8) is 0 Å². The molecule has 0 aromatic heterocycles. The average molecular weight is 787 g/mol. The second-order valence-electron chi connectivity index (χ2n) is 15.8. The Morgan fingerprint density at radius 1 is 0.463 bits per heavy atom. The van der Waals surface area contributed by atoms with Crippen LogP contribution in [0, 0.1) is 21.7 Å². The normalized spacial score (nSPS) is 23.3. The van der Waals surface area contributed by atoms with Crippen LogP contribution in [-0.2, 0) is 23.9 Å². The van der Waals surface area contributed by atoms with Crippen molar-refractivity contribution < 1.29 is 61.5 Å². The molecule has 0 aromatic rings. The molecule has 2 N–H and O–H groups in total. The first-order chi connectivity index (χ1) is 33.2. The molecule has 0 spiro atoms. The molecule has 0 radical (unpaired) electrons. The molecule has 0 amide bonds. The third-order valence-electron chi connectivity index (χ3n) is 9.08. The molecule has 4 unspecified atom stereocenters. The molecule has 7 nitrogen and oxygen atoms in total. The number of carbonyl (C=O) groups is 4. The van der Waals surface area contributed by atoms with Gasteiger partial charge in [0.15, 0.2) is 0 Å². The van der Waals surface area contributed by atoms with Gasteiger partial charge in [-0.05, 0) is 61.2 Å². The van der Waals surface area contributed by atoms with E-state index in [-0.39, 0.29) is 32.3 Å². The van der Waals surface area contributed by atoms with E-state index in [9.17, 15) is 19.2 Å². The number of Topliss-reactive ketones (excluding diaryl/α,β-unsaturated/α-hetero) is 1. The maximum absolute atomic E-state index is 12.1. The summed E-state index contributed by atoms with van der Waals surface area (Å²) >= 11 is 0. The van der Waals surface area contributed by atoms with E-state index in [4.69, 9.17) is 42.4 Å². The van der Waals surface area contributed by atoms with E-state index in [1.54, 1.807) is 6.92 Å². The Bertz CT molecular complexity index is 1650. The Kier molecular flexibility index (Phi) is 16.0. The van der Waals surface area contributed by atoms with E-state index in [0.717, 1.165) is 96.8 Å². The highest BCUT2D eigenvalue weighted by molar-refractivity contribution is 5.76. The first-order valence-corrected chi connectivity index (χ1v) is 20.4. The van der Waals surface area contributed by atoms with Crippen molar-refractivity contribution in [1.29, 1.82) is 0 Å². The van der Waals surface area contributed by atoms with Gasteiger partial charge in [-0.25, -0.2) is 0 Å². The SMILES string of the molecule is [2H]C([2H])([2H])C(C)(CCCCCCCCCCCCC(C)(C([2H])([2H])[2H])C([2H])([2H])C(=O)O)C([2H])([2H])C(=O)O.[2H]C([2H])([2H])C(C)(CCCCCCCCCCCCC(C)(C([2H])([2H])[2H])C([2H])([2H])C(=O)OCC)C([2H])([2H])C(C)=O. The van der Waals surface area contributed by atoms with E-state index in [1.165, 1.54) is 27.7 Å². The maximum atomic E-state index is 12.1. The van der Waals surface area contributed by atoms with Gasteiger partial charge in [0.2, 0.25) is 0 Å². The molecule has 0 saturated heterocycles. The molecule has 0 aromatic carbocycles. The van der Waals surface area contributed by atoms with E-state index in [1.807, 2.05) is 0 Å². The number of carboxylic acids is 2. The zero-order chi connectivity index (χ0) is 58.7. The Balaban J connectivity index is 0. The van der Waals surface area contributed by atoms with Crippen LogP contribution in [0.4, 0.5) is 0 Å². The summed E-state index contributed by atoms with van der Waals surface area (Å²) in [4.78, 5) is 46.5. The maximum Gasteiger partial charge on any atom is 0.306 e. The molecule has 0 aliphatic heterocycles. The summed E-state index contributed by atoms with van der Waals surface area (Å²) in [7, 11) is 0. The van der Waals surface area contributed by atoms with Crippen LogP contribution >= 0.6 is 0 Å². The summed E-state index contributed by atoms with van der Waals surface area (Å²) in [6.45, 7) is -3.11. The van der Waals surface area contributed by atoms with Gasteiger partial charge >= 0.3 is 17.9 Å². The molecule has 0 heterocycles. The molecule has 54 heavy (non-hydrogen) atoms. The Morgan fingerprint density at radius 2 is 0.704 bits per heavy atom. The number of carboxylic acid groups (broad SMARTS) is 2. The highest BCUT2D eigenvalue weighted by atomic mass is 16.5. The second kappa shape index (κ2) is 31.2. The summed E-state index contributed by atoms with van der Waals surface area (Å²) < 4.78 is 161. The Hall–Kier alpha value is -1.92. The molecule has 4 atom stereocenters. The van der Waals surface area contributed by atoms with Gasteiger partial charge in [-0.2, -0.15) is 0 Å². The first kappa shape index (κ1) is 27.7. The number of esters is 1. The number of aliphatic carboxylic acids is 2. The lowest BCUT2D eigenvalue weighted by Crippen LogP contribution is -2.18. The van der Waals surface area contributed by atoms with Crippen LogP contribution in [0.3, 0.4) is 0 Å². The quantitative estimate of drug-likeness (QED) is 0.0485. The van der Waals surface area contributed by atoms with Gasteiger partial charge in [0.1, 0.15) is 5.78 Å². The Morgan fingerprint density at radius 3 is 0.926 bits per heavy atom. The summed E-state index contributed by atoms with van der Waals surface area (Å²) in [5.74, 6) is -5.45. The van der Waals surface area contributed by atoms with Crippen LogP contribution in [0.15, 0.2) is 0 Å². The third-order valence-corrected chi connectivity index (χ3v) is 9.08. The number of ketones is 1. The molecule has 0 saturated carbocycles. The van der Waals surface area contributed by atoms with Gasteiger partial charge in [-0.15, -0.1) is 0 Å². The van der Waals surface area contributed by atoms with Crippen molar-refractivity contribution in [2.24, 2.45) is 21.7 Å². The lowest BCUT2D eigenvalue weighted by molar-refractivity contribution is -0.145. The van der Waals surface area contributed by atoms with E-state index in [0.29, 0.717) is 38.5 Å². The summed E-state index contributed by atoms with van der Waals surface area (Å²) in [5.41, 5.74) is -7.53. The number of rotatable bonds is 35. The first-order valence-electron chi connectivity index (χ1n) is 30.4. The minimum absolute atomic E-state index is 0.0199. The minimum Gasteiger partial charge on any atom is -0.481 e. The van der Waals surface area contributed by atoms with Gasteiger partial charge in [0.05, 0.1) is 25.7 Å². The van der Waals surface area contributed by atoms with Crippen molar-refractivity contribution in [2.75, 3.05) is 6.61 Å². The van der Waals surface area contributed by atoms with Crippen molar-refractivity contribution in [1.82, 2.24) is 0 Å². The van der Waals surface area contributed by atoms with Gasteiger partial charge in [-0.1, -0.05) is 184 Å².